The summed E-state index contributed by atoms with van der Waals surface area (Å²) in [5, 5.41) is 21.7. The van der Waals surface area contributed by atoms with E-state index in [1.54, 1.807) is 24.1 Å². The van der Waals surface area contributed by atoms with Crippen molar-refractivity contribution in [3.8, 4) is 6.07 Å². The van der Waals surface area contributed by atoms with E-state index in [0.29, 0.717) is 12.1 Å². The molecule has 0 aliphatic heterocycles. The van der Waals surface area contributed by atoms with Gasteiger partial charge in [-0.3, -0.25) is 0 Å². The number of hydrogen-bond acceptors (Lipinski definition) is 3. The Kier molecular flexibility index (Phi) is 5.40. The van der Waals surface area contributed by atoms with Gasteiger partial charge in [0.1, 0.15) is 0 Å². The van der Waals surface area contributed by atoms with Crippen LogP contribution in [0.5, 0.6) is 0 Å². The minimum Gasteiger partial charge on any atom is -0.393 e. The zero-order valence-electron chi connectivity index (χ0n) is 13.1. The van der Waals surface area contributed by atoms with Gasteiger partial charge in [0.15, 0.2) is 0 Å². The fourth-order valence-corrected chi connectivity index (χ4v) is 2.92. The third-order valence-corrected chi connectivity index (χ3v) is 4.33. The average Bonchev–Trinajstić information content (AvgIpc) is 2.92. The van der Waals surface area contributed by atoms with Crippen molar-refractivity contribution in [1.29, 1.82) is 5.26 Å². The lowest BCUT2D eigenvalue weighted by molar-refractivity contribution is 0.113. The highest BCUT2D eigenvalue weighted by Crippen LogP contribution is 2.26. The van der Waals surface area contributed by atoms with E-state index >= 15 is 0 Å². The molecule has 1 aliphatic carbocycles. The van der Waals surface area contributed by atoms with Gasteiger partial charge in [-0.25, -0.2) is 4.79 Å². The summed E-state index contributed by atoms with van der Waals surface area (Å²) in [7, 11) is 1.75. The van der Waals surface area contributed by atoms with Gasteiger partial charge in [-0.05, 0) is 37.5 Å². The number of hydrogen-bond donors (Lipinski definition) is 2. The highest BCUT2D eigenvalue weighted by Gasteiger charge is 2.27. The smallest absolute Gasteiger partial charge is 0.317 e. The van der Waals surface area contributed by atoms with Gasteiger partial charge in [0.05, 0.1) is 23.8 Å². The molecule has 2 N–H and O–H groups in total. The number of aliphatic hydroxyl groups excluding tert-OH is 1. The van der Waals surface area contributed by atoms with Crippen LogP contribution < -0.4 is 5.32 Å². The van der Waals surface area contributed by atoms with Crippen molar-refractivity contribution in [3.63, 3.8) is 0 Å². The van der Waals surface area contributed by atoms with Gasteiger partial charge in [0, 0.05) is 19.5 Å². The lowest BCUT2D eigenvalue weighted by atomic mass is 10.1. The van der Waals surface area contributed by atoms with Crippen LogP contribution in [0.1, 0.15) is 43.4 Å². The largest absolute Gasteiger partial charge is 0.393 e. The molecule has 0 bridgehead atoms. The van der Waals surface area contributed by atoms with Crippen molar-refractivity contribution >= 4 is 6.03 Å². The molecule has 1 aromatic carbocycles. The van der Waals surface area contributed by atoms with Crippen molar-refractivity contribution in [3.05, 3.63) is 35.4 Å². The topological polar surface area (TPSA) is 76.4 Å². The molecular weight excluding hydrogens is 278 g/mol. The molecule has 5 nitrogen and oxygen atoms in total. The monoisotopic (exact) mass is 301 g/mol. The zero-order chi connectivity index (χ0) is 16.1. The predicted molar refractivity (Wildman–Crippen MR) is 84.1 cm³/mol. The molecule has 0 heterocycles. The van der Waals surface area contributed by atoms with Crippen LogP contribution in [0.3, 0.4) is 0 Å². The minimum atomic E-state index is -0.292. The van der Waals surface area contributed by atoms with Gasteiger partial charge >= 0.3 is 6.03 Å². The fraction of sp³-hybridized carbons (Fsp3) is 0.529. The van der Waals surface area contributed by atoms with Gasteiger partial charge in [-0.1, -0.05) is 18.6 Å². The number of nitrogens with zero attached hydrogens (tertiary/aromatic N) is 2. The summed E-state index contributed by atoms with van der Waals surface area (Å²) in [6.45, 7) is 2.46. The number of aliphatic hydroxyl groups is 1. The van der Waals surface area contributed by atoms with Gasteiger partial charge in [0.25, 0.3) is 0 Å². The summed E-state index contributed by atoms with van der Waals surface area (Å²) in [5.74, 6) is 0.174. The first-order valence-corrected chi connectivity index (χ1v) is 7.71. The third-order valence-electron chi connectivity index (χ3n) is 4.33. The van der Waals surface area contributed by atoms with Crippen molar-refractivity contribution in [2.45, 2.75) is 38.3 Å². The van der Waals surface area contributed by atoms with Crippen molar-refractivity contribution < 1.29 is 9.90 Å². The van der Waals surface area contributed by atoms with Crippen LogP contribution in [0.15, 0.2) is 24.3 Å². The second-order valence-corrected chi connectivity index (χ2v) is 6.05. The van der Waals surface area contributed by atoms with E-state index < -0.39 is 0 Å². The summed E-state index contributed by atoms with van der Waals surface area (Å²) in [4.78, 5) is 13.9. The van der Waals surface area contributed by atoms with Gasteiger partial charge < -0.3 is 15.3 Å². The Balaban J connectivity index is 1.91. The summed E-state index contributed by atoms with van der Waals surface area (Å²) in [6.07, 6.45) is 2.54. The molecule has 1 fully saturated rings. The Morgan fingerprint density at radius 2 is 2.32 bits per heavy atom. The van der Waals surface area contributed by atoms with E-state index in [0.717, 1.165) is 24.8 Å². The van der Waals surface area contributed by atoms with E-state index in [4.69, 9.17) is 5.26 Å². The fourth-order valence-electron chi connectivity index (χ4n) is 2.92. The SMILES string of the molecule is C[C@@H](NC(=O)N(C)C[C@@H]1CCC[C@@H]1O)c1cccc(C#N)c1. The minimum absolute atomic E-state index is 0.158. The number of urea groups is 1. The third kappa shape index (κ3) is 3.99. The molecule has 3 atom stereocenters. The van der Waals surface area contributed by atoms with Crippen molar-refractivity contribution in [2.24, 2.45) is 5.92 Å². The van der Waals surface area contributed by atoms with Gasteiger partial charge in [-0.15, -0.1) is 0 Å². The number of nitriles is 1. The van der Waals surface area contributed by atoms with E-state index in [1.165, 1.54) is 0 Å². The molecule has 2 amide bonds. The summed E-state index contributed by atoms with van der Waals surface area (Å²) >= 11 is 0. The number of amides is 2. The normalized spacial score (nSPS) is 21.9. The second kappa shape index (κ2) is 7.28. The molecule has 1 saturated carbocycles. The first-order valence-electron chi connectivity index (χ1n) is 7.71. The molecule has 0 radical (unpaired) electrons. The molecule has 0 aromatic heterocycles. The Morgan fingerprint density at radius 1 is 1.55 bits per heavy atom. The molecule has 22 heavy (non-hydrogen) atoms. The Morgan fingerprint density at radius 3 is 2.95 bits per heavy atom. The number of nitrogens with one attached hydrogen (secondary N) is 1. The number of rotatable bonds is 4. The maximum atomic E-state index is 12.2. The van der Waals surface area contributed by atoms with Crippen LogP contribution in [0.25, 0.3) is 0 Å². The highest BCUT2D eigenvalue weighted by molar-refractivity contribution is 5.74. The average molecular weight is 301 g/mol. The quantitative estimate of drug-likeness (QED) is 0.896. The zero-order valence-corrected chi connectivity index (χ0v) is 13.1. The first kappa shape index (κ1) is 16.3. The van der Waals surface area contributed by atoms with Crippen LogP contribution in [0, 0.1) is 17.2 Å². The predicted octanol–water partition coefficient (Wildman–Crippen LogP) is 2.42. The molecule has 0 spiro atoms. The molecular formula is C17H23N3O2. The molecule has 1 aliphatic rings. The highest BCUT2D eigenvalue weighted by atomic mass is 16.3. The van der Waals surface area contributed by atoms with Crippen molar-refractivity contribution in [1.82, 2.24) is 10.2 Å². The van der Waals surface area contributed by atoms with Crippen molar-refractivity contribution in [2.75, 3.05) is 13.6 Å². The van der Waals surface area contributed by atoms with E-state index in [9.17, 15) is 9.90 Å². The lowest BCUT2D eigenvalue weighted by Crippen LogP contribution is -2.42. The standard InChI is InChI=1S/C17H23N3O2/c1-12(14-6-3-5-13(9-14)10-18)19-17(22)20(2)11-15-7-4-8-16(15)21/h3,5-6,9,12,15-16,21H,4,7-8,11H2,1-2H3,(H,19,22)/t12-,15+,16+/m1/s1. The number of carbonyl (C=O) groups excluding carboxylic acids is 1. The Hall–Kier alpha value is -2.06. The lowest BCUT2D eigenvalue weighted by Gasteiger charge is -2.25. The summed E-state index contributed by atoms with van der Waals surface area (Å²) < 4.78 is 0. The van der Waals surface area contributed by atoms with Crippen LogP contribution in [0.4, 0.5) is 4.79 Å². The Labute approximate surface area is 131 Å². The Bertz CT molecular complexity index is 567. The number of carbonyl (C=O) groups is 1. The van der Waals surface area contributed by atoms with E-state index in [1.807, 2.05) is 19.1 Å². The van der Waals surface area contributed by atoms with Gasteiger partial charge in [0.2, 0.25) is 0 Å². The molecule has 5 heteroatoms. The van der Waals surface area contributed by atoms with Crippen LogP contribution >= 0.6 is 0 Å². The number of benzene rings is 1. The summed E-state index contributed by atoms with van der Waals surface area (Å²) in [5.41, 5.74) is 1.49. The van der Waals surface area contributed by atoms with Crippen LogP contribution in [-0.2, 0) is 0 Å². The van der Waals surface area contributed by atoms with E-state index in [2.05, 4.69) is 11.4 Å². The van der Waals surface area contributed by atoms with E-state index in [-0.39, 0.29) is 24.1 Å². The maximum absolute atomic E-state index is 12.2. The molecule has 1 aromatic rings. The first-order chi connectivity index (χ1) is 10.5. The maximum Gasteiger partial charge on any atom is 0.317 e. The second-order valence-electron chi connectivity index (χ2n) is 6.05. The molecule has 2 rings (SSSR count). The molecule has 0 saturated heterocycles. The van der Waals surface area contributed by atoms with Crippen LogP contribution in [0.2, 0.25) is 0 Å². The van der Waals surface area contributed by atoms with Gasteiger partial charge in [-0.2, -0.15) is 5.26 Å². The molecule has 118 valence electrons. The molecule has 0 unspecified atom stereocenters. The summed E-state index contributed by atoms with van der Waals surface area (Å²) in [6, 6.07) is 9.01. The van der Waals surface area contributed by atoms with Crippen LogP contribution in [-0.4, -0.2) is 35.7 Å².